The third kappa shape index (κ3) is 7.68. The molecule has 8 heteroatoms. The SMILES string of the molecule is NC/C(=C\F)COc1ccc(S(=O)(=O)CCCCCC(=O)NC2CC2)cc1. The first kappa shape index (κ1) is 21.4. The van der Waals surface area contributed by atoms with Crippen LogP contribution in [0.25, 0.3) is 0 Å². The first-order valence-corrected chi connectivity index (χ1v) is 10.8. The molecule has 0 spiro atoms. The molecule has 0 atom stereocenters. The maximum atomic E-state index is 12.4. The highest BCUT2D eigenvalue weighted by Crippen LogP contribution is 2.20. The number of nitrogens with two attached hydrogens (primary N) is 1. The Morgan fingerprint density at radius 2 is 1.93 bits per heavy atom. The minimum Gasteiger partial charge on any atom is -0.489 e. The number of unbranched alkanes of at least 4 members (excludes halogenated alkanes) is 2. The number of carbonyl (C=O) groups excluding carboxylic acids is 1. The van der Waals surface area contributed by atoms with Crippen LogP contribution in [0, 0.1) is 0 Å². The quantitative estimate of drug-likeness (QED) is 0.527. The molecule has 1 amide bonds. The van der Waals surface area contributed by atoms with E-state index in [-0.39, 0.29) is 29.7 Å². The number of ether oxygens (including phenoxy) is 1. The predicted molar refractivity (Wildman–Crippen MR) is 102 cm³/mol. The molecular weight excluding hydrogens is 371 g/mol. The van der Waals surface area contributed by atoms with Gasteiger partial charge in [0.2, 0.25) is 5.91 Å². The highest BCUT2D eigenvalue weighted by atomic mass is 32.2. The number of halogens is 1. The molecule has 0 saturated heterocycles. The van der Waals surface area contributed by atoms with Gasteiger partial charge >= 0.3 is 0 Å². The Kier molecular flexibility index (Phi) is 8.24. The third-order valence-corrected chi connectivity index (χ3v) is 6.10. The lowest BCUT2D eigenvalue weighted by Gasteiger charge is -2.09. The van der Waals surface area contributed by atoms with Gasteiger partial charge in [0, 0.05) is 24.6 Å². The van der Waals surface area contributed by atoms with Crippen molar-refractivity contribution in [2.45, 2.75) is 49.5 Å². The first-order chi connectivity index (χ1) is 12.9. The van der Waals surface area contributed by atoms with E-state index in [9.17, 15) is 17.6 Å². The number of benzene rings is 1. The highest BCUT2D eigenvalue weighted by Gasteiger charge is 2.22. The van der Waals surface area contributed by atoms with E-state index in [0.717, 1.165) is 12.8 Å². The Morgan fingerprint density at radius 3 is 2.52 bits per heavy atom. The van der Waals surface area contributed by atoms with Crippen LogP contribution in [-0.2, 0) is 14.6 Å². The summed E-state index contributed by atoms with van der Waals surface area (Å²) in [5, 5.41) is 2.92. The number of nitrogens with one attached hydrogen (secondary N) is 1. The summed E-state index contributed by atoms with van der Waals surface area (Å²) in [5.74, 6) is 0.541. The van der Waals surface area contributed by atoms with Crippen molar-refractivity contribution < 1.29 is 22.3 Å². The van der Waals surface area contributed by atoms with E-state index in [1.54, 1.807) is 12.1 Å². The molecule has 3 N–H and O–H groups in total. The number of sulfone groups is 1. The van der Waals surface area contributed by atoms with Gasteiger partial charge in [-0.25, -0.2) is 12.8 Å². The molecule has 0 unspecified atom stereocenters. The Bertz CT molecular complexity index is 743. The standard InChI is InChI=1S/C19H27FN2O4S/c20-12-15(13-21)14-26-17-7-9-18(10-8-17)27(24,25)11-3-1-2-4-19(23)22-16-5-6-16/h7-10,12,16H,1-6,11,13-14,21H2,(H,22,23)/b15-12+. The van der Waals surface area contributed by atoms with Crippen LogP contribution < -0.4 is 15.8 Å². The maximum absolute atomic E-state index is 12.4. The van der Waals surface area contributed by atoms with Crippen LogP contribution in [0.1, 0.15) is 38.5 Å². The van der Waals surface area contributed by atoms with Crippen LogP contribution in [0.5, 0.6) is 5.75 Å². The number of rotatable bonds is 12. The Morgan fingerprint density at radius 1 is 1.22 bits per heavy atom. The molecule has 1 saturated carbocycles. The molecule has 2 rings (SSSR count). The topological polar surface area (TPSA) is 98.5 Å². The molecule has 1 aliphatic carbocycles. The van der Waals surface area contributed by atoms with Gasteiger partial charge in [-0.3, -0.25) is 4.79 Å². The molecule has 1 fully saturated rings. The molecule has 0 heterocycles. The monoisotopic (exact) mass is 398 g/mol. The third-order valence-electron chi connectivity index (χ3n) is 4.28. The lowest BCUT2D eigenvalue weighted by Crippen LogP contribution is -2.24. The highest BCUT2D eigenvalue weighted by molar-refractivity contribution is 7.91. The summed E-state index contributed by atoms with van der Waals surface area (Å²) in [6.07, 6.45) is 4.87. The van der Waals surface area contributed by atoms with E-state index in [4.69, 9.17) is 10.5 Å². The van der Waals surface area contributed by atoms with E-state index in [0.29, 0.717) is 49.4 Å². The molecule has 0 aliphatic heterocycles. The smallest absolute Gasteiger partial charge is 0.220 e. The molecular formula is C19H27FN2O4S. The molecule has 0 bridgehead atoms. The average Bonchev–Trinajstić information content (AvgIpc) is 3.46. The molecule has 150 valence electrons. The molecule has 0 aromatic heterocycles. The number of amides is 1. The van der Waals surface area contributed by atoms with Gasteiger partial charge in [-0.2, -0.15) is 0 Å². The second-order valence-corrected chi connectivity index (χ2v) is 8.81. The molecule has 1 aromatic carbocycles. The second-order valence-electron chi connectivity index (χ2n) is 6.70. The fraction of sp³-hybridized carbons (Fsp3) is 0.526. The van der Waals surface area contributed by atoms with E-state index < -0.39 is 9.84 Å². The zero-order valence-electron chi connectivity index (χ0n) is 15.3. The normalized spacial score (nSPS) is 14.8. The molecule has 0 radical (unpaired) electrons. The van der Waals surface area contributed by atoms with Crippen molar-refractivity contribution in [2.75, 3.05) is 18.9 Å². The van der Waals surface area contributed by atoms with E-state index >= 15 is 0 Å². The second kappa shape index (κ2) is 10.4. The molecule has 27 heavy (non-hydrogen) atoms. The molecule has 1 aliphatic rings. The van der Waals surface area contributed by atoms with Crippen molar-refractivity contribution in [3.05, 3.63) is 36.2 Å². The van der Waals surface area contributed by atoms with E-state index in [1.807, 2.05) is 0 Å². The Labute approximate surface area is 159 Å². The number of hydrogen-bond donors (Lipinski definition) is 2. The van der Waals surface area contributed by atoms with Crippen LogP contribution in [0.4, 0.5) is 4.39 Å². The van der Waals surface area contributed by atoms with Crippen molar-refractivity contribution in [2.24, 2.45) is 5.73 Å². The largest absolute Gasteiger partial charge is 0.489 e. The van der Waals surface area contributed by atoms with Crippen LogP contribution in [0.15, 0.2) is 41.1 Å². The van der Waals surface area contributed by atoms with Crippen molar-refractivity contribution >= 4 is 15.7 Å². The fourth-order valence-corrected chi connectivity index (χ4v) is 3.82. The summed E-state index contributed by atoms with van der Waals surface area (Å²) in [7, 11) is -3.37. The van der Waals surface area contributed by atoms with Gasteiger partial charge in [-0.15, -0.1) is 0 Å². The van der Waals surface area contributed by atoms with Gasteiger partial charge < -0.3 is 15.8 Å². The fourth-order valence-electron chi connectivity index (χ4n) is 2.45. The molecule has 1 aromatic rings. The lowest BCUT2D eigenvalue weighted by molar-refractivity contribution is -0.121. The van der Waals surface area contributed by atoms with Crippen LogP contribution in [0.2, 0.25) is 0 Å². The summed E-state index contributed by atoms with van der Waals surface area (Å²) in [6.45, 7) is 0.0820. The molecule has 6 nitrogen and oxygen atoms in total. The van der Waals surface area contributed by atoms with Gasteiger partial charge in [0.1, 0.15) is 12.4 Å². The van der Waals surface area contributed by atoms with Crippen molar-refractivity contribution in [1.82, 2.24) is 5.32 Å². The van der Waals surface area contributed by atoms with Gasteiger partial charge in [0.05, 0.1) is 17.0 Å². The van der Waals surface area contributed by atoms with E-state index in [1.165, 1.54) is 12.1 Å². The summed E-state index contributed by atoms with van der Waals surface area (Å²) in [6, 6.07) is 6.41. The Hall–Kier alpha value is -1.93. The summed E-state index contributed by atoms with van der Waals surface area (Å²) in [5.41, 5.74) is 5.66. The first-order valence-electron chi connectivity index (χ1n) is 9.18. The number of carbonyl (C=O) groups is 1. The van der Waals surface area contributed by atoms with Crippen LogP contribution >= 0.6 is 0 Å². The predicted octanol–water partition coefficient (Wildman–Crippen LogP) is 2.49. The zero-order chi connectivity index (χ0) is 19.7. The van der Waals surface area contributed by atoms with Gasteiger partial charge in [0.25, 0.3) is 0 Å². The summed E-state index contributed by atoms with van der Waals surface area (Å²) >= 11 is 0. The van der Waals surface area contributed by atoms with Gasteiger partial charge in [-0.05, 0) is 49.9 Å². The van der Waals surface area contributed by atoms with Gasteiger partial charge in [-0.1, -0.05) is 6.42 Å². The maximum Gasteiger partial charge on any atom is 0.220 e. The van der Waals surface area contributed by atoms with E-state index in [2.05, 4.69) is 5.32 Å². The van der Waals surface area contributed by atoms with Crippen molar-refractivity contribution in [3.8, 4) is 5.75 Å². The number of hydrogen-bond acceptors (Lipinski definition) is 5. The van der Waals surface area contributed by atoms with Gasteiger partial charge in [0.15, 0.2) is 9.84 Å². The van der Waals surface area contributed by atoms with Crippen LogP contribution in [0.3, 0.4) is 0 Å². The van der Waals surface area contributed by atoms with Crippen molar-refractivity contribution in [1.29, 1.82) is 0 Å². The van der Waals surface area contributed by atoms with Crippen molar-refractivity contribution in [3.63, 3.8) is 0 Å². The lowest BCUT2D eigenvalue weighted by atomic mass is 10.2. The summed E-state index contributed by atoms with van der Waals surface area (Å²) in [4.78, 5) is 11.8. The minimum atomic E-state index is -3.37. The Balaban J connectivity index is 1.72. The average molecular weight is 399 g/mol. The summed E-state index contributed by atoms with van der Waals surface area (Å²) < 4.78 is 42.5. The zero-order valence-corrected chi connectivity index (χ0v) is 16.1. The minimum absolute atomic E-state index is 0.0213. The van der Waals surface area contributed by atoms with Crippen LogP contribution in [-0.4, -0.2) is 39.3 Å².